The lowest BCUT2D eigenvalue weighted by atomic mass is 9.86. The number of amides is 1. The number of aliphatic hydroxyl groups is 1. The van der Waals surface area contributed by atoms with Crippen LogP contribution in [-0.4, -0.2) is 51.7 Å². The average Bonchev–Trinajstić information content (AvgIpc) is 3.05. The maximum Gasteiger partial charge on any atom is 0.273 e. The molecule has 0 bridgehead atoms. The maximum atomic E-state index is 12.2. The summed E-state index contributed by atoms with van der Waals surface area (Å²) < 4.78 is 1.81. The molecule has 1 aliphatic carbocycles. The number of aliphatic hydroxyl groups excluding tert-OH is 1. The van der Waals surface area contributed by atoms with Gasteiger partial charge in [-0.05, 0) is 38.8 Å². The van der Waals surface area contributed by atoms with E-state index in [9.17, 15) is 9.90 Å². The van der Waals surface area contributed by atoms with Crippen molar-refractivity contribution in [1.82, 2.24) is 25.6 Å². The van der Waals surface area contributed by atoms with Crippen LogP contribution in [0.5, 0.6) is 0 Å². The fraction of sp³-hybridized carbons (Fsp3) is 0.800. The van der Waals surface area contributed by atoms with Crippen molar-refractivity contribution in [2.45, 2.75) is 50.7 Å². The first-order valence-electron chi connectivity index (χ1n) is 8.33. The van der Waals surface area contributed by atoms with Crippen LogP contribution in [0, 0.1) is 5.92 Å². The van der Waals surface area contributed by atoms with Crippen molar-refractivity contribution in [2.24, 2.45) is 5.92 Å². The summed E-state index contributed by atoms with van der Waals surface area (Å²) in [5, 5.41) is 24.2. The molecular weight excluding hydrogens is 282 g/mol. The van der Waals surface area contributed by atoms with Crippen LogP contribution in [0.3, 0.4) is 0 Å². The van der Waals surface area contributed by atoms with E-state index in [-0.39, 0.29) is 17.9 Å². The zero-order valence-electron chi connectivity index (χ0n) is 12.9. The lowest BCUT2D eigenvalue weighted by molar-refractivity contribution is 0.0661. The van der Waals surface area contributed by atoms with Crippen LogP contribution in [0.1, 0.15) is 55.1 Å². The Morgan fingerprint density at radius 1 is 1.32 bits per heavy atom. The molecule has 1 saturated heterocycles. The van der Waals surface area contributed by atoms with Gasteiger partial charge in [-0.3, -0.25) is 4.79 Å². The summed E-state index contributed by atoms with van der Waals surface area (Å²) in [5.74, 6) is -0.0323. The maximum absolute atomic E-state index is 12.2. The van der Waals surface area contributed by atoms with Crippen molar-refractivity contribution in [3.8, 4) is 0 Å². The highest BCUT2D eigenvalue weighted by atomic mass is 16.3. The predicted octanol–water partition coefficient (Wildman–Crippen LogP) is 0.483. The standard InChI is InChI=1S/C15H25N5O2/c21-14-4-2-1-3-11(14)9-17-15(22)13-10-20(19-18-13)12-5-7-16-8-6-12/h10-12,14,16,21H,1-9H2,(H,17,22)/t11-,14-/m0/s1. The Morgan fingerprint density at radius 3 is 2.86 bits per heavy atom. The van der Waals surface area contributed by atoms with E-state index in [1.165, 1.54) is 0 Å². The van der Waals surface area contributed by atoms with Crippen LogP contribution in [0.4, 0.5) is 0 Å². The second kappa shape index (κ2) is 7.19. The topological polar surface area (TPSA) is 92.1 Å². The van der Waals surface area contributed by atoms with Crippen molar-refractivity contribution in [1.29, 1.82) is 0 Å². The van der Waals surface area contributed by atoms with Crippen LogP contribution < -0.4 is 10.6 Å². The number of aromatic nitrogens is 3. The molecule has 0 spiro atoms. The van der Waals surface area contributed by atoms with Gasteiger partial charge in [0.15, 0.2) is 5.69 Å². The number of carbonyl (C=O) groups excluding carboxylic acids is 1. The van der Waals surface area contributed by atoms with Crippen LogP contribution in [0.25, 0.3) is 0 Å². The lowest BCUT2D eigenvalue weighted by Crippen LogP contribution is -2.36. The first kappa shape index (κ1) is 15.4. The highest BCUT2D eigenvalue weighted by Crippen LogP contribution is 2.23. The molecule has 122 valence electrons. The molecule has 0 radical (unpaired) electrons. The van der Waals surface area contributed by atoms with Crippen molar-refractivity contribution in [2.75, 3.05) is 19.6 Å². The van der Waals surface area contributed by atoms with Crippen molar-refractivity contribution in [3.63, 3.8) is 0 Å². The van der Waals surface area contributed by atoms with Crippen LogP contribution in [0.15, 0.2) is 6.20 Å². The van der Waals surface area contributed by atoms with Gasteiger partial charge in [-0.1, -0.05) is 18.1 Å². The number of hydrogen-bond donors (Lipinski definition) is 3. The number of carbonyl (C=O) groups is 1. The van der Waals surface area contributed by atoms with Crippen molar-refractivity contribution < 1.29 is 9.90 Å². The Bertz CT molecular complexity index is 498. The Labute approximate surface area is 130 Å². The third kappa shape index (κ3) is 3.64. The zero-order valence-corrected chi connectivity index (χ0v) is 12.9. The quantitative estimate of drug-likeness (QED) is 0.752. The molecule has 1 aromatic rings. The summed E-state index contributed by atoms with van der Waals surface area (Å²) in [4.78, 5) is 12.2. The minimum Gasteiger partial charge on any atom is -0.393 e. The Hall–Kier alpha value is -1.47. The van der Waals surface area contributed by atoms with E-state index in [4.69, 9.17) is 0 Å². The van der Waals surface area contributed by atoms with Gasteiger partial charge in [0.05, 0.1) is 18.3 Å². The molecule has 7 heteroatoms. The molecule has 0 unspecified atom stereocenters. The molecule has 0 aromatic carbocycles. The first-order valence-corrected chi connectivity index (χ1v) is 8.33. The summed E-state index contributed by atoms with van der Waals surface area (Å²) >= 11 is 0. The van der Waals surface area contributed by atoms with E-state index in [1.807, 2.05) is 4.68 Å². The largest absolute Gasteiger partial charge is 0.393 e. The van der Waals surface area contributed by atoms with E-state index >= 15 is 0 Å². The number of rotatable bonds is 4. The fourth-order valence-electron chi connectivity index (χ4n) is 3.37. The SMILES string of the molecule is O=C(NC[C@@H]1CCCC[C@@H]1O)c1cn(C2CCNCC2)nn1. The Kier molecular flexibility index (Phi) is 5.04. The molecule has 1 aliphatic heterocycles. The monoisotopic (exact) mass is 307 g/mol. The van der Waals surface area contributed by atoms with E-state index in [1.54, 1.807) is 6.20 Å². The Morgan fingerprint density at radius 2 is 2.09 bits per heavy atom. The van der Waals surface area contributed by atoms with Gasteiger partial charge in [-0.25, -0.2) is 4.68 Å². The molecule has 2 atom stereocenters. The fourth-order valence-corrected chi connectivity index (χ4v) is 3.37. The Balaban J connectivity index is 1.52. The van der Waals surface area contributed by atoms with Crippen molar-refractivity contribution in [3.05, 3.63) is 11.9 Å². The molecule has 3 N–H and O–H groups in total. The van der Waals surface area contributed by atoms with Crippen LogP contribution >= 0.6 is 0 Å². The summed E-state index contributed by atoms with van der Waals surface area (Å²) in [6.07, 6.45) is 7.49. The van der Waals surface area contributed by atoms with E-state index in [0.717, 1.165) is 51.6 Å². The zero-order chi connectivity index (χ0) is 15.4. The van der Waals surface area contributed by atoms with Gasteiger partial charge in [-0.2, -0.15) is 0 Å². The molecule has 1 amide bonds. The van der Waals surface area contributed by atoms with Crippen molar-refractivity contribution >= 4 is 5.91 Å². The molecule has 2 heterocycles. The van der Waals surface area contributed by atoms with Gasteiger partial charge in [0.1, 0.15) is 0 Å². The van der Waals surface area contributed by atoms with E-state index < -0.39 is 0 Å². The molecule has 7 nitrogen and oxygen atoms in total. The number of hydrogen-bond acceptors (Lipinski definition) is 5. The summed E-state index contributed by atoms with van der Waals surface area (Å²) in [6, 6.07) is 0.329. The van der Waals surface area contributed by atoms with E-state index in [2.05, 4.69) is 20.9 Å². The van der Waals surface area contributed by atoms with E-state index in [0.29, 0.717) is 18.3 Å². The van der Waals surface area contributed by atoms with Gasteiger partial charge in [0.2, 0.25) is 0 Å². The minimum absolute atomic E-state index is 0.164. The number of nitrogens with one attached hydrogen (secondary N) is 2. The summed E-state index contributed by atoms with van der Waals surface area (Å²) in [6.45, 7) is 2.47. The molecular formula is C15H25N5O2. The lowest BCUT2D eigenvalue weighted by Gasteiger charge is -2.27. The van der Waals surface area contributed by atoms with Gasteiger partial charge in [0.25, 0.3) is 5.91 Å². The second-order valence-corrected chi connectivity index (χ2v) is 6.39. The average molecular weight is 307 g/mol. The molecule has 1 saturated carbocycles. The van der Waals surface area contributed by atoms with Gasteiger partial charge in [0, 0.05) is 12.5 Å². The number of nitrogens with zero attached hydrogens (tertiary/aromatic N) is 3. The molecule has 2 fully saturated rings. The highest BCUT2D eigenvalue weighted by Gasteiger charge is 2.24. The van der Waals surface area contributed by atoms with Gasteiger partial charge >= 0.3 is 0 Å². The molecule has 2 aliphatic rings. The summed E-state index contributed by atoms with van der Waals surface area (Å²) in [5.41, 5.74) is 0.365. The minimum atomic E-state index is -0.292. The predicted molar refractivity (Wildman–Crippen MR) is 81.5 cm³/mol. The summed E-state index contributed by atoms with van der Waals surface area (Å²) in [7, 11) is 0. The molecule has 22 heavy (non-hydrogen) atoms. The highest BCUT2D eigenvalue weighted by molar-refractivity contribution is 5.91. The normalized spacial score (nSPS) is 26.8. The van der Waals surface area contributed by atoms with Gasteiger partial charge < -0.3 is 15.7 Å². The van der Waals surface area contributed by atoms with Gasteiger partial charge in [-0.15, -0.1) is 5.10 Å². The first-order chi connectivity index (χ1) is 10.7. The van der Waals surface area contributed by atoms with Crippen LogP contribution in [-0.2, 0) is 0 Å². The third-order valence-electron chi connectivity index (χ3n) is 4.82. The number of piperidine rings is 1. The smallest absolute Gasteiger partial charge is 0.273 e. The molecule has 3 rings (SSSR count). The van der Waals surface area contributed by atoms with Crippen LogP contribution in [0.2, 0.25) is 0 Å². The molecule has 1 aromatic heterocycles. The second-order valence-electron chi connectivity index (χ2n) is 6.39. The third-order valence-corrected chi connectivity index (χ3v) is 4.82.